The van der Waals surface area contributed by atoms with Gasteiger partial charge in [-0.3, -0.25) is 4.79 Å². The maximum Gasteiger partial charge on any atom is 0.491 e. The van der Waals surface area contributed by atoms with Crippen LogP contribution in [0.25, 0.3) is 0 Å². The lowest BCUT2D eigenvalue weighted by atomic mass is 9.93. The summed E-state index contributed by atoms with van der Waals surface area (Å²) in [5.74, 6) is -2.99. The molecule has 126 valence electrons. The lowest BCUT2D eigenvalue weighted by Gasteiger charge is -2.32. The van der Waals surface area contributed by atoms with Crippen LogP contribution >= 0.6 is 0 Å². The van der Waals surface area contributed by atoms with Gasteiger partial charge < -0.3 is 9.64 Å². The van der Waals surface area contributed by atoms with Crippen molar-refractivity contribution < 1.29 is 27.5 Å². The van der Waals surface area contributed by atoms with Gasteiger partial charge in [-0.25, -0.2) is 4.79 Å². The molecule has 2 rings (SSSR count). The van der Waals surface area contributed by atoms with E-state index in [-0.39, 0.29) is 12.3 Å². The molecule has 9 heteroatoms. The minimum absolute atomic E-state index is 0.113. The number of aryl methyl sites for hydroxylation is 1. The zero-order chi connectivity index (χ0) is 17.0. The Hall–Kier alpha value is -2.19. The molecule has 1 aromatic rings. The Morgan fingerprint density at radius 3 is 2.43 bits per heavy atom. The highest BCUT2D eigenvalue weighted by molar-refractivity contribution is 5.88. The number of halogens is 3. The number of alkyl halides is 3. The quantitative estimate of drug-likeness (QED) is 0.623. The lowest BCUT2D eigenvalue weighted by Crippen LogP contribution is -2.36. The van der Waals surface area contributed by atoms with Gasteiger partial charge in [0.05, 0.1) is 5.69 Å². The van der Waals surface area contributed by atoms with Gasteiger partial charge in [-0.1, -0.05) is 0 Å². The van der Waals surface area contributed by atoms with Crippen molar-refractivity contribution in [2.45, 2.75) is 32.4 Å². The summed E-state index contributed by atoms with van der Waals surface area (Å²) in [6.45, 7) is 3.06. The molecule has 6 nitrogen and oxygen atoms in total. The highest BCUT2D eigenvalue weighted by atomic mass is 19.4. The predicted octanol–water partition coefficient (Wildman–Crippen LogP) is 2.02. The summed E-state index contributed by atoms with van der Waals surface area (Å²) in [5.41, 5.74) is 0.806. The van der Waals surface area contributed by atoms with Gasteiger partial charge in [-0.05, 0) is 37.8 Å². The number of hydrogen-bond acceptors (Lipinski definition) is 6. The molecular formula is C14H16F3N3O3. The Bertz CT molecular complexity index is 567. The van der Waals surface area contributed by atoms with E-state index >= 15 is 0 Å². The monoisotopic (exact) mass is 331 g/mol. The van der Waals surface area contributed by atoms with Crippen molar-refractivity contribution in [1.82, 2.24) is 10.2 Å². The molecule has 0 atom stereocenters. The Morgan fingerprint density at radius 1 is 1.26 bits per heavy atom. The second kappa shape index (κ2) is 6.93. The number of nitrogens with zero attached hydrogens (tertiary/aromatic N) is 3. The molecule has 1 aliphatic heterocycles. The average molecular weight is 331 g/mol. The van der Waals surface area contributed by atoms with Crippen LogP contribution in [0.4, 0.5) is 19.0 Å². The molecule has 2 heterocycles. The second-order valence-electron chi connectivity index (χ2n) is 5.43. The van der Waals surface area contributed by atoms with E-state index < -0.39 is 18.1 Å². The predicted molar refractivity (Wildman–Crippen MR) is 73.5 cm³/mol. The van der Waals surface area contributed by atoms with Gasteiger partial charge in [0.25, 0.3) is 0 Å². The molecule has 1 aromatic heterocycles. The van der Waals surface area contributed by atoms with Gasteiger partial charge in [0, 0.05) is 19.5 Å². The molecular weight excluding hydrogens is 315 g/mol. The van der Waals surface area contributed by atoms with Crippen LogP contribution in [0.5, 0.6) is 0 Å². The van der Waals surface area contributed by atoms with Crippen LogP contribution in [-0.4, -0.2) is 41.4 Å². The maximum absolute atomic E-state index is 12.0. The van der Waals surface area contributed by atoms with Crippen LogP contribution in [0.15, 0.2) is 12.1 Å². The molecule has 0 amide bonds. The van der Waals surface area contributed by atoms with E-state index in [2.05, 4.69) is 14.9 Å². The average Bonchev–Trinajstić information content (AvgIpc) is 2.48. The fourth-order valence-electron chi connectivity index (χ4n) is 2.37. The van der Waals surface area contributed by atoms with Gasteiger partial charge in [0.2, 0.25) is 0 Å². The smallest absolute Gasteiger partial charge is 0.386 e. The topological polar surface area (TPSA) is 72.4 Å². The SMILES string of the molecule is Cc1ccc(N2CCC(CC(=O)OC(=O)C(F)(F)F)CC2)nn1. The second-order valence-corrected chi connectivity index (χ2v) is 5.43. The third-order valence-corrected chi connectivity index (χ3v) is 3.62. The van der Waals surface area contributed by atoms with Crippen LogP contribution in [0, 0.1) is 12.8 Å². The molecule has 0 saturated carbocycles. The zero-order valence-electron chi connectivity index (χ0n) is 12.5. The third kappa shape index (κ3) is 4.90. The number of esters is 2. The number of carbonyl (C=O) groups is 2. The lowest BCUT2D eigenvalue weighted by molar-refractivity contribution is -0.202. The Labute approximate surface area is 130 Å². The first kappa shape index (κ1) is 17.2. The molecule has 1 saturated heterocycles. The van der Waals surface area contributed by atoms with Crippen molar-refractivity contribution in [3.63, 3.8) is 0 Å². The molecule has 0 N–H and O–H groups in total. The summed E-state index contributed by atoms with van der Waals surface area (Å²) in [4.78, 5) is 24.0. The number of aromatic nitrogens is 2. The minimum Gasteiger partial charge on any atom is -0.386 e. The first-order chi connectivity index (χ1) is 10.8. The van der Waals surface area contributed by atoms with E-state index in [1.165, 1.54) is 0 Å². The molecule has 0 bridgehead atoms. The number of ether oxygens (including phenoxy) is 1. The highest BCUT2D eigenvalue weighted by Gasteiger charge is 2.42. The van der Waals surface area contributed by atoms with Crippen LogP contribution < -0.4 is 4.90 Å². The Kier molecular flexibility index (Phi) is 5.17. The standard InChI is InChI=1S/C14H16F3N3O3/c1-9-2-3-11(19-18-9)20-6-4-10(5-7-20)8-12(21)23-13(22)14(15,16)17/h2-3,10H,4-8H2,1H3. The van der Waals surface area contributed by atoms with Crippen molar-refractivity contribution in [3.05, 3.63) is 17.8 Å². The first-order valence-electron chi connectivity index (χ1n) is 7.13. The van der Waals surface area contributed by atoms with Crippen molar-refractivity contribution in [2.24, 2.45) is 5.92 Å². The third-order valence-electron chi connectivity index (χ3n) is 3.62. The number of anilines is 1. The summed E-state index contributed by atoms with van der Waals surface area (Å²) in [5, 5.41) is 8.04. The Morgan fingerprint density at radius 2 is 1.91 bits per heavy atom. The van der Waals surface area contributed by atoms with Gasteiger partial charge in [-0.15, -0.1) is 5.10 Å². The largest absolute Gasteiger partial charge is 0.491 e. The summed E-state index contributed by atoms with van der Waals surface area (Å²) in [6, 6.07) is 3.69. The molecule has 23 heavy (non-hydrogen) atoms. The number of hydrogen-bond donors (Lipinski definition) is 0. The fraction of sp³-hybridized carbons (Fsp3) is 0.571. The molecule has 0 radical (unpaired) electrons. The van der Waals surface area contributed by atoms with Gasteiger partial charge in [-0.2, -0.15) is 18.3 Å². The van der Waals surface area contributed by atoms with E-state index in [9.17, 15) is 22.8 Å². The van der Waals surface area contributed by atoms with Crippen molar-refractivity contribution in [1.29, 1.82) is 0 Å². The molecule has 0 unspecified atom stereocenters. The van der Waals surface area contributed by atoms with E-state index in [0.717, 1.165) is 11.5 Å². The van der Waals surface area contributed by atoms with Crippen molar-refractivity contribution >= 4 is 17.8 Å². The minimum atomic E-state index is -5.15. The van der Waals surface area contributed by atoms with E-state index in [1.807, 2.05) is 24.0 Å². The molecule has 0 spiro atoms. The first-order valence-corrected chi connectivity index (χ1v) is 7.13. The van der Waals surface area contributed by atoms with Gasteiger partial charge in [0.15, 0.2) is 5.82 Å². The van der Waals surface area contributed by atoms with Crippen LogP contribution in [0.3, 0.4) is 0 Å². The summed E-state index contributed by atoms with van der Waals surface area (Å²) < 4.78 is 39.8. The normalized spacial score (nSPS) is 16.3. The maximum atomic E-state index is 12.0. The number of piperidine rings is 1. The van der Waals surface area contributed by atoms with Gasteiger partial charge in [0.1, 0.15) is 0 Å². The number of carbonyl (C=O) groups excluding carboxylic acids is 2. The Balaban J connectivity index is 1.79. The van der Waals surface area contributed by atoms with E-state index in [1.54, 1.807) is 0 Å². The summed E-state index contributed by atoms with van der Waals surface area (Å²) in [7, 11) is 0. The van der Waals surface area contributed by atoms with Crippen LogP contribution in [0.2, 0.25) is 0 Å². The van der Waals surface area contributed by atoms with Crippen LogP contribution in [-0.2, 0) is 14.3 Å². The van der Waals surface area contributed by atoms with Crippen LogP contribution in [0.1, 0.15) is 25.0 Å². The van der Waals surface area contributed by atoms with E-state index in [0.29, 0.717) is 25.9 Å². The van der Waals surface area contributed by atoms with E-state index in [4.69, 9.17) is 0 Å². The zero-order valence-corrected chi connectivity index (χ0v) is 12.5. The van der Waals surface area contributed by atoms with Gasteiger partial charge >= 0.3 is 18.1 Å². The summed E-state index contributed by atoms with van der Waals surface area (Å²) >= 11 is 0. The number of rotatable bonds is 3. The fourth-order valence-corrected chi connectivity index (χ4v) is 2.37. The summed E-state index contributed by atoms with van der Waals surface area (Å²) in [6.07, 6.45) is -4.14. The molecule has 0 aliphatic carbocycles. The van der Waals surface area contributed by atoms with Crippen molar-refractivity contribution in [2.75, 3.05) is 18.0 Å². The molecule has 0 aromatic carbocycles. The molecule has 1 aliphatic rings. The highest BCUT2D eigenvalue weighted by Crippen LogP contribution is 2.25. The van der Waals surface area contributed by atoms with Crippen molar-refractivity contribution in [3.8, 4) is 0 Å². The molecule has 1 fully saturated rings.